The Bertz CT molecular complexity index is 931. The summed E-state index contributed by atoms with van der Waals surface area (Å²) in [5.41, 5.74) is 1.47. The van der Waals surface area contributed by atoms with Gasteiger partial charge in [-0.05, 0) is 36.4 Å². The molecule has 0 saturated carbocycles. The Morgan fingerprint density at radius 3 is 2.41 bits per heavy atom. The molecule has 0 bridgehead atoms. The minimum absolute atomic E-state index is 0.0297. The minimum Gasteiger partial charge on any atom is -0.353 e. The molecule has 1 fully saturated rings. The molecule has 4 rings (SSSR count). The smallest absolute Gasteiger partial charge is 0.253 e. The van der Waals surface area contributed by atoms with Crippen molar-refractivity contribution in [2.24, 2.45) is 0 Å². The number of anilines is 1. The van der Waals surface area contributed by atoms with Gasteiger partial charge in [0.1, 0.15) is 5.82 Å². The first kappa shape index (κ1) is 17.5. The average Bonchev–Trinajstić information content (AvgIpc) is 3.15. The summed E-state index contributed by atoms with van der Waals surface area (Å²) in [5.74, 6) is 1.96. The Hall–Kier alpha value is -2.93. The molecule has 3 aromatic rings. The van der Waals surface area contributed by atoms with Crippen LogP contribution in [-0.2, 0) is 0 Å². The summed E-state index contributed by atoms with van der Waals surface area (Å²) in [6.07, 6.45) is 1.74. The predicted octanol–water partition coefficient (Wildman–Crippen LogP) is 3.06. The lowest BCUT2D eigenvalue weighted by Gasteiger charge is -2.35. The van der Waals surface area contributed by atoms with Crippen LogP contribution in [0.1, 0.15) is 16.2 Å². The number of piperazine rings is 1. The van der Waals surface area contributed by atoms with Crippen LogP contribution in [0.15, 0.2) is 47.1 Å². The molecule has 1 aliphatic heterocycles. The summed E-state index contributed by atoms with van der Waals surface area (Å²) in [6.45, 7) is 4.51. The quantitative estimate of drug-likeness (QED) is 0.692. The van der Waals surface area contributed by atoms with Gasteiger partial charge in [-0.1, -0.05) is 16.8 Å². The standard InChI is InChI=1S/C19H18ClN5O2/c1-13-22-18(23-27-13)15-4-7-17(21-12-15)24-8-10-25(11-9-24)19(26)14-2-5-16(20)6-3-14/h2-7,12H,8-11H2,1H3. The molecule has 0 unspecified atom stereocenters. The molecule has 1 aromatic carbocycles. The Morgan fingerprint density at radius 1 is 1.07 bits per heavy atom. The van der Waals surface area contributed by atoms with Gasteiger partial charge in [-0.3, -0.25) is 4.79 Å². The van der Waals surface area contributed by atoms with Crippen molar-refractivity contribution in [3.8, 4) is 11.4 Å². The highest BCUT2D eigenvalue weighted by molar-refractivity contribution is 6.30. The molecule has 0 spiro atoms. The van der Waals surface area contributed by atoms with Gasteiger partial charge in [-0.25, -0.2) is 4.98 Å². The van der Waals surface area contributed by atoms with Crippen LogP contribution in [0.3, 0.4) is 0 Å². The van der Waals surface area contributed by atoms with Crippen molar-refractivity contribution in [3.05, 3.63) is 59.1 Å². The second-order valence-electron chi connectivity index (χ2n) is 6.33. The minimum atomic E-state index is 0.0297. The van der Waals surface area contributed by atoms with Crippen molar-refractivity contribution in [1.82, 2.24) is 20.0 Å². The number of carbonyl (C=O) groups is 1. The zero-order chi connectivity index (χ0) is 18.8. The second kappa shape index (κ2) is 7.36. The van der Waals surface area contributed by atoms with E-state index in [0.29, 0.717) is 35.4 Å². The number of halogens is 1. The maximum Gasteiger partial charge on any atom is 0.253 e. The highest BCUT2D eigenvalue weighted by Crippen LogP contribution is 2.20. The zero-order valence-electron chi connectivity index (χ0n) is 14.8. The third kappa shape index (κ3) is 3.78. The first-order chi connectivity index (χ1) is 13.1. The van der Waals surface area contributed by atoms with Crippen LogP contribution >= 0.6 is 11.6 Å². The second-order valence-corrected chi connectivity index (χ2v) is 6.76. The third-order valence-corrected chi connectivity index (χ3v) is 4.77. The molecule has 27 heavy (non-hydrogen) atoms. The number of aryl methyl sites for hydroxylation is 1. The number of nitrogens with zero attached hydrogens (tertiary/aromatic N) is 5. The topological polar surface area (TPSA) is 75.4 Å². The summed E-state index contributed by atoms with van der Waals surface area (Å²) in [5, 5.41) is 4.53. The molecule has 1 saturated heterocycles. The van der Waals surface area contributed by atoms with Gasteiger partial charge in [0.05, 0.1) is 0 Å². The van der Waals surface area contributed by atoms with Gasteiger partial charge in [0.25, 0.3) is 5.91 Å². The van der Waals surface area contributed by atoms with Gasteiger partial charge in [0.15, 0.2) is 0 Å². The van der Waals surface area contributed by atoms with Crippen LogP contribution in [0.2, 0.25) is 5.02 Å². The van der Waals surface area contributed by atoms with Crippen LogP contribution < -0.4 is 4.90 Å². The number of hydrogen-bond donors (Lipinski definition) is 0. The van der Waals surface area contributed by atoms with E-state index in [1.807, 2.05) is 17.0 Å². The molecule has 2 aromatic heterocycles. The Morgan fingerprint density at radius 2 is 1.81 bits per heavy atom. The number of aromatic nitrogens is 3. The lowest BCUT2D eigenvalue weighted by molar-refractivity contribution is 0.0746. The lowest BCUT2D eigenvalue weighted by Crippen LogP contribution is -2.49. The number of carbonyl (C=O) groups excluding carboxylic acids is 1. The molecular formula is C19H18ClN5O2. The number of amides is 1. The molecule has 3 heterocycles. The van der Waals surface area contributed by atoms with Gasteiger partial charge < -0.3 is 14.3 Å². The van der Waals surface area contributed by atoms with E-state index in [0.717, 1.165) is 24.5 Å². The van der Waals surface area contributed by atoms with Crippen molar-refractivity contribution in [3.63, 3.8) is 0 Å². The molecule has 7 nitrogen and oxygen atoms in total. The molecule has 1 amide bonds. The van der Waals surface area contributed by atoms with E-state index in [2.05, 4.69) is 20.0 Å². The van der Waals surface area contributed by atoms with Crippen LogP contribution in [0.4, 0.5) is 5.82 Å². The van der Waals surface area contributed by atoms with Crippen LogP contribution in [0, 0.1) is 6.92 Å². The fourth-order valence-corrected chi connectivity index (χ4v) is 3.16. The summed E-state index contributed by atoms with van der Waals surface area (Å²) >= 11 is 5.89. The molecule has 0 radical (unpaired) electrons. The molecule has 1 aliphatic rings. The predicted molar refractivity (Wildman–Crippen MR) is 102 cm³/mol. The van der Waals surface area contributed by atoms with Gasteiger partial charge in [0.2, 0.25) is 11.7 Å². The van der Waals surface area contributed by atoms with Crippen molar-refractivity contribution in [1.29, 1.82) is 0 Å². The van der Waals surface area contributed by atoms with E-state index in [1.54, 1.807) is 37.4 Å². The molecule has 0 atom stereocenters. The summed E-state index contributed by atoms with van der Waals surface area (Å²) < 4.78 is 5.00. The Kier molecular flexibility index (Phi) is 4.77. The van der Waals surface area contributed by atoms with E-state index < -0.39 is 0 Å². The van der Waals surface area contributed by atoms with Crippen molar-refractivity contribution >= 4 is 23.3 Å². The highest BCUT2D eigenvalue weighted by Gasteiger charge is 2.23. The van der Waals surface area contributed by atoms with E-state index in [1.165, 1.54) is 0 Å². The van der Waals surface area contributed by atoms with Crippen LogP contribution in [0.5, 0.6) is 0 Å². The van der Waals surface area contributed by atoms with Gasteiger partial charge in [-0.15, -0.1) is 0 Å². The van der Waals surface area contributed by atoms with Crippen molar-refractivity contribution in [2.45, 2.75) is 6.92 Å². The third-order valence-electron chi connectivity index (χ3n) is 4.52. The van der Waals surface area contributed by atoms with E-state index in [9.17, 15) is 4.79 Å². The number of pyridine rings is 1. The van der Waals surface area contributed by atoms with Crippen molar-refractivity contribution in [2.75, 3.05) is 31.1 Å². The van der Waals surface area contributed by atoms with Gasteiger partial charge in [-0.2, -0.15) is 4.98 Å². The van der Waals surface area contributed by atoms with Gasteiger partial charge in [0, 0.05) is 55.4 Å². The van der Waals surface area contributed by atoms with Crippen LogP contribution in [-0.4, -0.2) is 52.1 Å². The maximum atomic E-state index is 12.6. The Balaban J connectivity index is 1.39. The fraction of sp³-hybridized carbons (Fsp3) is 0.263. The SMILES string of the molecule is Cc1nc(-c2ccc(N3CCN(C(=O)c4ccc(Cl)cc4)CC3)nc2)no1. The number of rotatable bonds is 3. The average molecular weight is 384 g/mol. The Labute approximate surface area is 161 Å². The van der Waals surface area contributed by atoms with Gasteiger partial charge >= 0.3 is 0 Å². The lowest BCUT2D eigenvalue weighted by atomic mass is 10.2. The van der Waals surface area contributed by atoms with E-state index in [4.69, 9.17) is 16.1 Å². The van der Waals surface area contributed by atoms with Crippen molar-refractivity contribution < 1.29 is 9.32 Å². The normalized spacial score (nSPS) is 14.4. The van der Waals surface area contributed by atoms with E-state index in [-0.39, 0.29) is 5.91 Å². The number of benzene rings is 1. The zero-order valence-corrected chi connectivity index (χ0v) is 15.6. The highest BCUT2D eigenvalue weighted by atomic mass is 35.5. The molecule has 138 valence electrons. The largest absolute Gasteiger partial charge is 0.353 e. The van der Waals surface area contributed by atoms with E-state index >= 15 is 0 Å². The summed E-state index contributed by atoms with van der Waals surface area (Å²) in [7, 11) is 0. The monoisotopic (exact) mass is 383 g/mol. The first-order valence-corrected chi connectivity index (χ1v) is 9.04. The maximum absolute atomic E-state index is 12.6. The first-order valence-electron chi connectivity index (χ1n) is 8.67. The summed E-state index contributed by atoms with van der Waals surface area (Å²) in [4.78, 5) is 25.3. The van der Waals surface area contributed by atoms with Crippen LogP contribution in [0.25, 0.3) is 11.4 Å². The molecule has 0 N–H and O–H groups in total. The fourth-order valence-electron chi connectivity index (χ4n) is 3.04. The molecule has 8 heteroatoms. The summed E-state index contributed by atoms with van der Waals surface area (Å²) in [6, 6.07) is 10.9. The molecule has 0 aliphatic carbocycles. The molecular weight excluding hydrogens is 366 g/mol. The number of hydrogen-bond acceptors (Lipinski definition) is 6.